The zero-order valence-electron chi connectivity index (χ0n) is 16.7. The van der Waals surface area contributed by atoms with Crippen molar-refractivity contribution < 1.29 is 19.0 Å². The van der Waals surface area contributed by atoms with E-state index in [4.69, 9.17) is 25.8 Å². The quantitative estimate of drug-likeness (QED) is 0.525. The molecule has 2 aromatic carbocycles. The predicted molar refractivity (Wildman–Crippen MR) is 116 cm³/mol. The van der Waals surface area contributed by atoms with Gasteiger partial charge in [0.05, 0.1) is 29.4 Å². The molecule has 30 heavy (non-hydrogen) atoms. The zero-order chi connectivity index (χ0) is 21.1. The number of ether oxygens (including phenoxy) is 3. The molecule has 0 bridgehead atoms. The summed E-state index contributed by atoms with van der Waals surface area (Å²) >= 11 is 7.49. The molecule has 0 spiro atoms. The number of amides is 1. The lowest BCUT2D eigenvalue weighted by Gasteiger charge is -2.15. The first-order valence-corrected chi connectivity index (χ1v) is 10.9. The van der Waals surface area contributed by atoms with Gasteiger partial charge in [-0.3, -0.25) is 4.79 Å². The van der Waals surface area contributed by atoms with Crippen LogP contribution in [0, 0.1) is 0 Å². The van der Waals surface area contributed by atoms with Crippen molar-refractivity contribution in [2.24, 2.45) is 0 Å². The summed E-state index contributed by atoms with van der Waals surface area (Å²) in [5.41, 5.74) is 2.72. The molecular weight excluding hydrogens is 426 g/mol. The van der Waals surface area contributed by atoms with Gasteiger partial charge in [-0.1, -0.05) is 29.4 Å². The highest BCUT2D eigenvalue weighted by Crippen LogP contribution is 2.34. The van der Waals surface area contributed by atoms with E-state index in [9.17, 15) is 4.79 Å². The number of carbonyl (C=O) groups is 1. The number of fused-ring (bicyclic) bond motifs is 2. The summed E-state index contributed by atoms with van der Waals surface area (Å²) in [6.45, 7) is 3.36. The van der Waals surface area contributed by atoms with E-state index < -0.39 is 0 Å². The van der Waals surface area contributed by atoms with Crippen molar-refractivity contribution in [1.29, 1.82) is 0 Å². The van der Waals surface area contributed by atoms with Crippen LogP contribution in [-0.2, 0) is 16.1 Å². The number of halogens is 1. The third-order valence-corrected chi connectivity index (χ3v) is 6.01. The van der Waals surface area contributed by atoms with E-state index in [0.717, 1.165) is 27.5 Å². The van der Waals surface area contributed by atoms with E-state index >= 15 is 0 Å². The second-order valence-electron chi connectivity index (χ2n) is 6.86. The molecule has 1 atom stereocenters. The minimum absolute atomic E-state index is 0.0754. The van der Waals surface area contributed by atoms with Crippen molar-refractivity contribution in [2.45, 2.75) is 24.7 Å². The second-order valence-corrected chi connectivity index (χ2v) is 8.24. The van der Waals surface area contributed by atoms with Crippen LogP contribution in [0.4, 0.5) is 0 Å². The van der Waals surface area contributed by atoms with Gasteiger partial charge in [-0.05, 0) is 42.8 Å². The van der Waals surface area contributed by atoms with Gasteiger partial charge in [0.15, 0.2) is 16.7 Å². The van der Waals surface area contributed by atoms with Crippen molar-refractivity contribution in [2.75, 3.05) is 26.3 Å². The van der Waals surface area contributed by atoms with Crippen molar-refractivity contribution in [1.82, 2.24) is 14.9 Å². The fourth-order valence-corrected chi connectivity index (χ4v) is 4.29. The van der Waals surface area contributed by atoms with E-state index in [1.165, 1.54) is 11.8 Å². The lowest BCUT2D eigenvalue weighted by atomic mass is 10.1. The molecule has 0 fully saturated rings. The summed E-state index contributed by atoms with van der Waals surface area (Å²) in [5, 5.41) is 4.41. The average molecular weight is 448 g/mol. The fourth-order valence-electron chi connectivity index (χ4n) is 3.27. The highest BCUT2D eigenvalue weighted by molar-refractivity contribution is 7.99. The fraction of sp³-hybridized carbons (Fsp3) is 0.333. The molecule has 0 saturated heterocycles. The lowest BCUT2D eigenvalue weighted by molar-refractivity contribution is -0.119. The van der Waals surface area contributed by atoms with E-state index in [2.05, 4.69) is 10.3 Å². The third kappa shape index (κ3) is 4.50. The Hall–Kier alpha value is -2.42. The first-order chi connectivity index (χ1) is 14.5. The van der Waals surface area contributed by atoms with E-state index in [1.807, 2.05) is 47.9 Å². The molecule has 7 nitrogen and oxygen atoms in total. The number of thioether (sulfide) groups is 1. The Morgan fingerprint density at radius 2 is 2.13 bits per heavy atom. The van der Waals surface area contributed by atoms with Gasteiger partial charge in [0.2, 0.25) is 12.7 Å². The number of hydrogen-bond donors (Lipinski definition) is 1. The first kappa shape index (κ1) is 20.8. The van der Waals surface area contributed by atoms with Crippen LogP contribution in [0.15, 0.2) is 41.6 Å². The highest BCUT2D eigenvalue weighted by atomic mass is 35.5. The minimum atomic E-state index is -0.154. The number of nitrogens with one attached hydrogen (secondary N) is 1. The number of hydrogen-bond acceptors (Lipinski definition) is 6. The Labute approximate surface area is 183 Å². The maximum Gasteiger partial charge on any atom is 0.231 e. The largest absolute Gasteiger partial charge is 0.454 e. The Morgan fingerprint density at radius 3 is 2.97 bits per heavy atom. The zero-order valence-corrected chi connectivity index (χ0v) is 18.3. The summed E-state index contributed by atoms with van der Waals surface area (Å²) in [6.07, 6.45) is 0. The number of nitrogens with zero attached hydrogens (tertiary/aromatic N) is 2. The van der Waals surface area contributed by atoms with Crippen LogP contribution in [0.25, 0.3) is 11.0 Å². The highest BCUT2D eigenvalue weighted by Gasteiger charge is 2.18. The van der Waals surface area contributed by atoms with Crippen molar-refractivity contribution in [3.8, 4) is 11.5 Å². The molecule has 1 aliphatic rings. The van der Waals surface area contributed by atoms with Crippen LogP contribution >= 0.6 is 23.4 Å². The Balaban J connectivity index is 1.42. The molecule has 3 aromatic rings. The number of rotatable bonds is 8. The molecule has 1 aliphatic heterocycles. The van der Waals surface area contributed by atoms with Gasteiger partial charge in [-0.25, -0.2) is 4.98 Å². The monoisotopic (exact) mass is 447 g/mol. The lowest BCUT2D eigenvalue weighted by Crippen LogP contribution is -2.28. The van der Waals surface area contributed by atoms with Gasteiger partial charge in [-0.15, -0.1) is 0 Å². The SMILES string of the molecule is COCCn1c(SCC(=O)NC(C)c2ccc3c(c2)OCO3)nc2cc(Cl)ccc21. The number of benzene rings is 2. The average Bonchev–Trinajstić information content (AvgIpc) is 3.33. The molecule has 158 valence electrons. The van der Waals surface area contributed by atoms with Crippen LogP contribution in [-0.4, -0.2) is 41.7 Å². The van der Waals surface area contributed by atoms with E-state index in [-0.39, 0.29) is 24.5 Å². The van der Waals surface area contributed by atoms with Crippen LogP contribution < -0.4 is 14.8 Å². The molecule has 0 saturated carbocycles. The molecule has 1 amide bonds. The maximum atomic E-state index is 12.6. The van der Waals surface area contributed by atoms with Crippen LogP contribution in [0.1, 0.15) is 18.5 Å². The van der Waals surface area contributed by atoms with Crippen LogP contribution in [0.5, 0.6) is 11.5 Å². The number of methoxy groups -OCH3 is 1. The van der Waals surface area contributed by atoms with Gasteiger partial charge in [0.1, 0.15) is 0 Å². The Kier molecular flexibility index (Phi) is 6.36. The Bertz CT molecular complexity index is 1070. The third-order valence-electron chi connectivity index (χ3n) is 4.80. The van der Waals surface area contributed by atoms with Gasteiger partial charge in [0.25, 0.3) is 0 Å². The van der Waals surface area contributed by atoms with Crippen molar-refractivity contribution in [3.63, 3.8) is 0 Å². The summed E-state index contributed by atoms with van der Waals surface area (Å²) in [4.78, 5) is 17.2. The molecule has 1 N–H and O–H groups in total. The van der Waals surface area contributed by atoms with Crippen molar-refractivity contribution >= 4 is 40.3 Å². The molecule has 9 heteroatoms. The topological polar surface area (TPSA) is 74.6 Å². The molecule has 1 aromatic heterocycles. The summed E-state index contributed by atoms with van der Waals surface area (Å²) in [7, 11) is 1.66. The predicted octanol–water partition coefficient (Wildman–Crippen LogP) is 4.03. The molecule has 0 aliphatic carbocycles. The normalized spacial score (nSPS) is 13.6. The van der Waals surface area contributed by atoms with E-state index in [1.54, 1.807) is 7.11 Å². The molecular formula is C21H22ClN3O4S. The molecule has 0 radical (unpaired) electrons. The number of carbonyl (C=O) groups excluding carboxylic acids is 1. The summed E-state index contributed by atoms with van der Waals surface area (Å²) in [6, 6.07) is 11.1. The number of aromatic nitrogens is 2. The summed E-state index contributed by atoms with van der Waals surface area (Å²) < 4.78 is 18.0. The minimum Gasteiger partial charge on any atom is -0.454 e. The smallest absolute Gasteiger partial charge is 0.231 e. The maximum absolute atomic E-state index is 12.6. The van der Waals surface area contributed by atoms with Crippen molar-refractivity contribution in [3.05, 3.63) is 47.0 Å². The number of imidazole rings is 1. The first-order valence-electron chi connectivity index (χ1n) is 9.51. The molecule has 1 unspecified atom stereocenters. The summed E-state index contributed by atoms with van der Waals surface area (Å²) in [5.74, 6) is 1.60. The van der Waals surface area contributed by atoms with Gasteiger partial charge < -0.3 is 24.1 Å². The van der Waals surface area contributed by atoms with Crippen LogP contribution in [0.3, 0.4) is 0 Å². The van der Waals surface area contributed by atoms with Gasteiger partial charge in [0, 0.05) is 18.7 Å². The van der Waals surface area contributed by atoms with Gasteiger partial charge in [-0.2, -0.15) is 0 Å². The molecule has 4 rings (SSSR count). The van der Waals surface area contributed by atoms with E-state index in [0.29, 0.717) is 23.9 Å². The van der Waals surface area contributed by atoms with Crippen LogP contribution in [0.2, 0.25) is 5.02 Å². The second kappa shape index (κ2) is 9.16. The van der Waals surface area contributed by atoms with Gasteiger partial charge >= 0.3 is 0 Å². The standard InChI is InChI=1S/C21H22ClN3O4S/c1-13(14-3-6-18-19(9-14)29-12-28-18)23-20(26)11-30-21-24-16-10-15(22)4-5-17(16)25(21)7-8-27-2/h3-6,9-10,13H,7-8,11-12H2,1-2H3,(H,23,26). The molecule has 2 heterocycles. The Morgan fingerprint density at radius 1 is 1.30 bits per heavy atom.